The molecule has 3 N–H and O–H groups in total. The first kappa shape index (κ1) is 20.3. The minimum absolute atomic E-state index is 0.120. The number of carbonyl (C=O) groups excluding carboxylic acids is 2. The highest BCUT2D eigenvalue weighted by Gasteiger charge is 2.35. The Morgan fingerprint density at radius 1 is 1.09 bits per heavy atom. The third kappa shape index (κ3) is 3.53. The summed E-state index contributed by atoms with van der Waals surface area (Å²) in [5.41, 5.74) is 2.63. The van der Waals surface area contributed by atoms with Gasteiger partial charge in [0, 0.05) is 31.3 Å². The first-order valence-electron chi connectivity index (χ1n) is 11.0. The van der Waals surface area contributed by atoms with Crippen molar-refractivity contribution in [1.29, 1.82) is 0 Å². The van der Waals surface area contributed by atoms with Crippen LogP contribution < -0.4 is 30.6 Å². The molecule has 1 unspecified atom stereocenters. The highest BCUT2D eigenvalue weighted by Crippen LogP contribution is 2.35. The van der Waals surface area contributed by atoms with Gasteiger partial charge in [0.25, 0.3) is 5.56 Å². The summed E-state index contributed by atoms with van der Waals surface area (Å²) in [5, 5.41) is 5.44. The Morgan fingerprint density at radius 3 is 2.79 bits per heavy atom. The number of hydrogen-bond acceptors (Lipinski definition) is 7. The van der Waals surface area contributed by atoms with Crippen LogP contribution in [0.5, 0.6) is 11.5 Å². The number of carbonyl (C=O) groups is 2. The lowest BCUT2D eigenvalue weighted by atomic mass is 9.92. The van der Waals surface area contributed by atoms with Gasteiger partial charge in [0.15, 0.2) is 11.5 Å². The van der Waals surface area contributed by atoms with Gasteiger partial charge in [-0.25, -0.2) is 0 Å². The van der Waals surface area contributed by atoms with E-state index in [2.05, 4.69) is 32.7 Å². The van der Waals surface area contributed by atoms with E-state index in [1.807, 2.05) is 17.0 Å². The van der Waals surface area contributed by atoms with Crippen molar-refractivity contribution in [3.05, 3.63) is 69.5 Å². The quantitative estimate of drug-likeness (QED) is 0.548. The summed E-state index contributed by atoms with van der Waals surface area (Å²) in [4.78, 5) is 47.9. The summed E-state index contributed by atoms with van der Waals surface area (Å²) in [7, 11) is 0. The molecule has 1 atom stereocenters. The van der Waals surface area contributed by atoms with Crippen molar-refractivity contribution in [2.45, 2.75) is 25.3 Å². The third-order valence-corrected chi connectivity index (χ3v) is 6.33. The second-order valence-corrected chi connectivity index (χ2v) is 8.45. The SMILES string of the molecule is O=C1CC(C(=O)Nc2ccc3c(c2)OCO3)c2c(nc(N3CCc4ccccc4C3)[nH]c2=O)N1. The highest BCUT2D eigenvalue weighted by molar-refractivity contribution is 6.04. The van der Waals surface area contributed by atoms with Crippen LogP contribution in [0.25, 0.3) is 0 Å². The molecule has 0 aliphatic carbocycles. The van der Waals surface area contributed by atoms with Crippen LogP contribution in [-0.2, 0) is 22.6 Å². The van der Waals surface area contributed by atoms with Crippen molar-refractivity contribution < 1.29 is 19.1 Å². The van der Waals surface area contributed by atoms with Crippen LogP contribution in [0.4, 0.5) is 17.5 Å². The van der Waals surface area contributed by atoms with E-state index in [1.54, 1.807) is 18.2 Å². The predicted molar refractivity (Wildman–Crippen MR) is 123 cm³/mol. The van der Waals surface area contributed by atoms with Crippen molar-refractivity contribution in [2.24, 2.45) is 0 Å². The molecule has 3 aliphatic rings. The van der Waals surface area contributed by atoms with Crippen LogP contribution in [-0.4, -0.2) is 35.1 Å². The number of aromatic amines is 1. The third-order valence-electron chi connectivity index (χ3n) is 6.33. The molecule has 2 aromatic carbocycles. The number of amides is 2. The fourth-order valence-corrected chi connectivity index (χ4v) is 4.61. The van der Waals surface area contributed by atoms with Gasteiger partial charge >= 0.3 is 0 Å². The molecule has 0 saturated heterocycles. The molecule has 0 radical (unpaired) electrons. The lowest BCUT2D eigenvalue weighted by Crippen LogP contribution is -2.38. The van der Waals surface area contributed by atoms with Crippen molar-refractivity contribution >= 4 is 29.3 Å². The van der Waals surface area contributed by atoms with E-state index in [9.17, 15) is 14.4 Å². The van der Waals surface area contributed by atoms with Gasteiger partial charge in [0.1, 0.15) is 5.82 Å². The minimum atomic E-state index is -0.971. The predicted octanol–water partition coefficient (Wildman–Crippen LogP) is 2.13. The summed E-state index contributed by atoms with van der Waals surface area (Å²) in [6.07, 6.45) is 0.675. The molecule has 0 fully saturated rings. The van der Waals surface area contributed by atoms with E-state index in [-0.39, 0.29) is 30.5 Å². The molecule has 3 aromatic rings. The summed E-state index contributed by atoms with van der Waals surface area (Å²) in [5.74, 6) is -0.203. The van der Waals surface area contributed by atoms with Crippen LogP contribution in [0.1, 0.15) is 29.0 Å². The number of aromatic nitrogens is 2. The first-order chi connectivity index (χ1) is 16.5. The Morgan fingerprint density at radius 2 is 1.91 bits per heavy atom. The number of rotatable bonds is 3. The zero-order valence-corrected chi connectivity index (χ0v) is 18.1. The van der Waals surface area contributed by atoms with Crippen LogP contribution >= 0.6 is 0 Å². The molecule has 172 valence electrons. The Kier molecular flexibility index (Phi) is 4.72. The van der Waals surface area contributed by atoms with Crippen molar-refractivity contribution in [3.63, 3.8) is 0 Å². The highest BCUT2D eigenvalue weighted by atomic mass is 16.7. The molecule has 0 bridgehead atoms. The number of nitrogens with zero attached hydrogens (tertiary/aromatic N) is 2. The van der Waals surface area contributed by atoms with E-state index in [0.29, 0.717) is 36.2 Å². The lowest BCUT2D eigenvalue weighted by molar-refractivity contribution is -0.123. The number of nitrogens with one attached hydrogen (secondary N) is 3. The largest absolute Gasteiger partial charge is 0.454 e. The zero-order valence-electron chi connectivity index (χ0n) is 18.1. The number of hydrogen-bond donors (Lipinski definition) is 3. The van der Waals surface area contributed by atoms with Gasteiger partial charge in [-0.2, -0.15) is 4.98 Å². The number of anilines is 3. The van der Waals surface area contributed by atoms with Gasteiger partial charge in [0.2, 0.25) is 24.6 Å². The van der Waals surface area contributed by atoms with E-state index in [0.717, 1.165) is 6.42 Å². The summed E-state index contributed by atoms with van der Waals surface area (Å²) < 4.78 is 10.6. The monoisotopic (exact) mass is 459 g/mol. The van der Waals surface area contributed by atoms with E-state index in [4.69, 9.17) is 9.47 Å². The number of fused-ring (bicyclic) bond motifs is 3. The normalized spacial score (nSPS) is 18.1. The second kappa shape index (κ2) is 7.91. The van der Waals surface area contributed by atoms with Crippen LogP contribution in [0, 0.1) is 0 Å². The second-order valence-electron chi connectivity index (χ2n) is 8.45. The smallest absolute Gasteiger partial charge is 0.258 e. The lowest BCUT2D eigenvalue weighted by Gasteiger charge is -2.30. The van der Waals surface area contributed by atoms with E-state index >= 15 is 0 Å². The number of ether oxygens (including phenoxy) is 2. The molecule has 1 aromatic heterocycles. The van der Waals surface area contributed by atoms with Gasteiger partial charge in [0.05, 0.1) is 11.5 Å². The molecule has 0 spiro atoms. The molecule has 2 amide bonds. The van der Waals surface area contributed by atoms with E-state index in [1.165, 1.54) is 11.1 Å². The molecular weight excluding hydrogens is 438 g/mol. The summed E-state index contributed by atoms with van der Waals surface area (Å²) in [6.45, 7) is 1.40. The Hall–Kier alpha value is -4.34. The Labute approximate surface area is 193 Å². The summed E-state index contributed by atoms with van der Waals surface area (Å²) >= 11 is 0. The minimum Gasteiger partial charge on any atom is -0.454 e. The Bertz CT molecular complexity index is 1380. The maximum Gasteiger partial charge on any atom is 0.258 e. The van der Waals surface area contributed by atoms with Crippen molar-refractivity contribution in [2.75, 3.05) is 28.9 Å². The van der Waals surface area contributed by atoms with Gasteiger partial charge < -0.3 is 25.0 Å². The van der Waals surface area contributed by atoms with Gasteiger partial charge in [-0.1, -0.05) is 24.3 Å². The fourth-order valence-electron chi connectivity index (χ4n) is 4.61. The topological polar surface area (TPSA) is 126 Å². The average Bonchev–Trinajstić information content (AvgIpc) is 3.31. The maximum atomic E-state index is 13.1. The van der Waals surface area contributed by atoms with Gasteiger partial charge in [-0.05, 0) is 29.7 Å². The average molecular weight is 459 g/mol. The van der Waals surface area contributed by atoms with Crippen molar-refractivity contribution in [3.8, 4) is 11.5 Å². The molecule has 0 saturated carbocycles. The molecule has 6 rings (SSSR count). The molecule has 34 heavy (non-hydrogen) atoms. The van der Waals surface area contributed by atoms with Crippen LogP contribution in [0.15, 0.2) is 47.3 Å². The number of benzene rings is 2. The van der Waals surface area contributed by atoms with Crippen LogP contribution in [0.3, 0.4) is 0 Å². The Balaban J connectivity index is 1.28. The number of H-pyrrole nitrogens is 1. The van der Waals surface area contributed by atoms with Gasteiger partial charge in [-0.3, -0.25) is 19.4 Å². The molecule has 3 aliphatic heterocycles. The molecule has 4 heterocycles. The summed E-state index contributed by atoms with van der Waals surface area (Å²) in [6, 6.07) is 13.2. The standard InChI is InChI=1S/C24H21N5O5/c30-19-10-16(22(31)25-15-5-6-17-18(9-15)34-12-33-17)20-21(26-19)27-24(28-23(20)32)29-8-7-13-3-1-2-4-14(13)11-29/h1-6,9,16H,7-8,10-12H2,(H,25,31)(H2,26,27,28,30,32). The van der Waals surface area contributed by atoms with Gasteiger partial charge in [-0.15, -0.1) is 0 Å². The van der Waals surface area contributed by atoms with Crippen molar-refractivity contribution in [1.82, 2.24) is 9.97 Å². The van der Waals surface area contributed by atoms with Crippen LogP contribution in [0.2, 0.25) is 0 Å². The zero-order chi connectivity index (χ0) is 23.2. The van der Waals surface area contributed by atoms with E-state index < -0.39 is 17.4 Å². The molecule has 10 nitrogen and oxygen atoms in total. The molecule has 10 heteroatoms. The fraction of sp³-hybridized carbons (Fsp3) is 0.250. The maximum absolute atomic E-state index is 13.1. The molecular formula is C24H21N5O5. The first-order valence-corrected chi connectivity index (χ1v) is 11.0.